The Kier molecular flexibility index (Phi) is 30.9. The predicted octanol–water partition coefficient (Wildman–Crippen LogP) is 10.9. The van der Waals surface area contributed by atoms with Crippen molar-refractivity contribution in [3.8, 4) is 0 Å². The number of benzene rings is 1. The van der Waals surface area contributed by atoms with E-state index in [1.54, 1.807) is 24.5 Å². The quantitative estimate of drug-likeness (QED) is 0.132. The number of nitrogens with zero attached hydrogens (tertiary/aromatic N) is 7. The summed E-state index contributed by atoms with van der Waals surface area (Å²) in [7, 11) is 0. The van der Waals surface area contributed by atoms with E-state index in [0.717, 1.165) is 69.2 Å². The largest absolute Gasteiger partial charge is 0.444 e. The smallest absolute Gasteiger partial charge is 0.410 e. The summed E-state index contributed by atoms with van der Waals surface area (Å²) in [6.45, 7) is 38.7. The van der Waals surface area contributed by atoms with E-state index in [0.29, 0.717) is 117 Å². The first-order valence-corrected chi connectivity index (χ1v) is 31.6. The van der Waals surface area contributed by atoms with E-state index in [2.05, 4.69) is 51.6 Å². The van der Waals surface area contributed by atoms with Crippen LogP contribution in [0.4, 0.5) is 24.0 Å². The molecule has 1 atom stereocenters. The lowest BCUT2D eigenvalue weighted by molar-refractivity contribution is -0.121. The minimum Gasteiger partial charge on any atom is -0.444 e. The molecule has 3 rings (SSSR count). The number of rotatable bonds is 14. The van der Waals surface area contributed by atoms with Gasteiger partial charge in [0.15, 0.2) is 0 Å². The van der Waals surface area contributed by atoms with Crippen LogP contribution in [0.3, 0.4) is 0 Å². The van der Waals surface area contributed by atoms with Crippen LogP contribution in [0.25, 0.3) is 0 Å². The average Bonchev–Trinajstić information content (AvgIpc) is 3.47. The Bertz CT molecular complexity index is 2130. The standard InChI is InChI=1S/C64H115N9O11/c1-17-18-19-21-32-66-54(74)26-20-22-34-67-41-31-53(65-33-42-69(55(75)80-60(2,3)4)37-24-38-70(45-43-67)56(76)81-61(5,6)7)49-51-27-29-52(30-28-51)50-68-35-23-36-72(58(78)83-63(11,12)13)47-48-73(59(79)84-64(14,15)16)40-25-39-71(46-44-68)57(77)82-62(8,9)10/h27-30,53,65H,17-26,31-50H2,1-16H3,(H,66,74). The van der Waals surface area contributed by atoms with Gasteiger partial charge in [-0.25, -0.2) is 24.0 Å². The fourth-order valence-electron chi connectivity index (χ4n) is 9.70. The van der Waals surface area contributed by atoms with Gasteiger partial charge in [-0.05, 0) is 179 Å². The second-order valence-electron chi connectivity index (χ2n) is 27.8. The predicted molar refractivity (Wildman–Crippen MR) is 332 cm³/mol. The van der Waals surface area contributed by atoms with Gasteiger partial charge < -0.3 is 63.7 Å². The fourth-order valence-corrected chi connectivity index (χ4v) is 9.70. The maximum atomic E-state index is 13.8. The molecule has 6 amide bonds. The lowest BCUT2D eigenvalue weighted by Crippen LogP contribution is -2.47. The van der Waals surface area contributed by atoms with Crippen molar-refractivity contribution in [1.29, 1.82) is 0 Å². The van der Waals surface area contributed by atoms with Gasteiger partial charge in [-0.2, -0.15) is 0 Å². The summed E-state index contributed by atoms with van der Waals surface area (Å²) in [6.07, 6.45) is 7.56. The van der Waals surface area contributed by atoms with E-state index in [4.69, 9.17) is 23.7 Å². The number of hydrogen-bond donors (Lipinski definition) is 2. The van der Waals surface area contributed by atoms with E-state index in [-0.39, 0.29) is 31.1 Å². The van der Waals surface area contributed by atoms with E-state index < -0.39 is 52.4 Å². The molecule has 0 aromatic heterocycles. The summed E-state index contributed by atoms with van der Waals surface area (Å²) in [5.41, 5.74) is -1.24. The third kappa shape index (κ3) is 33.0. The number of carbonyl (C=O) groups is 6. The lowest BCUT2D eigenvalue weighted by atomic mass is 10.0. The first kappa shape index (κ1) is 73.2. The maximum absolute atomic E-state index is 13.8. The Morgan fingerprint density at radius 3 is 1.27 bits per heavy atom. The number of ether oxygens (including phenoxy) is 5. The number of hydrogen-bond acceptors (Lipinski definition) is 14. The number of nitrogens with one attached hydrogen (secondary N) is 2. The van der Waals surface area contributed by atoms with Crippen molar-refractivity contribution < 1.29 is 52.5 Å². The number of amides is 6. The Morgan fingerprint density at radius 2 is 0.845 bits per heavy atom. The molecule has 2 saturated heterocycles. The highest BCUT2D eigenvalue weighted by atomic mass is 16.6. The van der Waals surface area contributed by atoms with Crippen molar-refractivity contribution >= 4 is 36.4 Å². The zero-order valence-corrected chi connectivity index (χ0v) is 55.2. The first-order chi connectivity index (χ1) is 39.2. The zero-order chi connectivity index (χ0) is 62.7. The highest BCUT2D eigenvalue weighted by molar-refractivity contribution is 5.75. The molecule has 2 aliphatic rings. The van der Waals surface area contributed by atoms with Crippen LogP contribution in [0.2, 0.25) is 0 Å². The molecule has 1 aromatic rings. The molecule has 0 spiro atoms. The van der Waals surface area contributed by atoms with Crippen molar-refractivity contribution in [2.75, 3.05) is 111 Å². The molecule has 0 bridgehead atoms. The van der Waals surface area contributed by atoms with Crippen LogP contribution in [-0.4, -0.2) is 216 Å². The van der Waals surface area contributed by atoms with Gasteiger partial charge in [0.1, 0.15) is 28.0 Å². The summed E-state index contributed by atoms with van der Waals surface area (Å²) in [6, 6.07) is 8.72. The van der Waals surface area contributed by atoms with Crippen molar-refractivity contribution in [2.45, 2.75) is 228 Å². The molecule has 20 heteroatoms. The fraction of sp³-hybridized carbons (Fsp3) is 0.812. The van der Waals surface area contributed by atoms with Crippen LogP contribution < -0.4 is 10.6 Å². The molecule has 1 aromatic carbocycles. The molecular formula is C64H115N9O11. The summed E-state index contributed by atoms with van der Waals surface area (Å²) < 4.78 is 29.3. The summed E-state index contributed by atoms with van der Waals surface area (Å²) >= 11 is 0. The van der Waals surface area contributed by atoms with Gasteiger partial charge in [0.25, 0.3) is 0 Å². The van der Waals surface area contributed by atoms with E-state index >= 15 is 0 Å². The molecule has 2 aliphatic heterocycles. The van der Waals surface area contributed by atoms with E-state index in [1.807, 2.05) is 104 Å². The molecule has 2 heterocycles. The van der Waals surface area contributed by atoms with Crippen molar-refractivity contribution in [3.05, 3.63) is 35.4 Å². The highest BCUT2D eigenvalue weighted by Gasteiger charge is 2.30. The van der Waals surface area contributed by atoms with Crippen LogP contribution >= 0.6 is 0 Å². The van der Waals surface area contributed by atoms with Crippen LogP contribution in [0, 0.1) is 0 Å². The molecule has 482 valence electrons. The molecular weight excluding hydrogens is 1070 g/mol. The maximum Gasteiger partial charge on any atom is 0.410 e. The molecule has 1 unspecified atom stereocenters. The van der Waals surface area contributed by atoms with E-state index in [9.17, 15) is 28.8 Å². The minimum absolute atomic E-state index is 0.0357. The number of carbonyl (C=O) groups excluding carboxylic acids is 6. The molecule has 0 radical (unpaired) electrons. The van der Waals surface area contributed by atoms with Gasteiger partial charge >= 0.3 is 30.5 Å². The van der Waals surface area contributed by atoms with Gasteiger partial charge in [-0.1, -0.05) is 50.5 Å². The Balaban J connectivity index is 1.91. The SMILES string of the molecule is CCCCCCNC(=O)CCCCN1CCC(Cc2ccc(CN3CCCN(C(=O)OC(C)(C)C)CCN(C(=O)OC(C)(C)C)CCCN(C(=O)OC(C)(C)C)CC3)cc2)NCCN(C(=O)OC(C)(C)C)CCCN(C(=O)OC(C)(C)C)CC1. The number of unbranched alkanes of at least 4 members (excludes halogenated alkanes) is 4. The van der Waals surface area contributed by atoms with Gasteiger partial charge in [0, 0.05) is 117 Å². The normalized spacial score (nSPS) is 18.2. The molecule has 0 aliphatic carbocycles. The van der Waals surface area contributed by atoms with Crippen LogP contribution in [0.1, 0.15) is 193 Å². The Hall–Kier alpha value is -5.08. The second-order valence-corrected chi connectivity index (χ2v) is 27.8. The van der Waals surface area contributed by atoms with Crippen LogP contribution in [0.5, 0.6) is 0 Å². The molecule has 2 N–H and O–H groups in total. The van der Waals surface area contributed by atoms with Crippen LogP contribution in [-0.2, 0) is 41.4 Å². The van der Waals surface area contributed by atoms with Gasteiger partial charge in [-0.3, -0.25) is 9.69 Å². The lowest BCUT2D eigenvalue weighted by Gasteiger charge is -2.34. The van der Waals surface area contributed by atoms with Crippen molar-refractivity contribution in [2.24, 2.45) is 0 Å². The molecule has 84 heavy (non-hydrogen) atoms. The second kappa shape index (κ2) is 35.5. The monoisotopic (exact) mass is 1190 g/mol. The van der Waals surface area contributed by atoms with Gasteiger partial charge in [-0.15, -0.1) is 0 Å². The third-order valence-corrected chi connectivity index (χ3v) is 13.9. The summed E-state index contributed by atoms with van der Waals surface area (Å²) in [5, 5.41) is 6.92. The molecule has 20 nitrogen and oxygen atoms in total. The molecule has 2 fully saturated rings. The summed E-state index contributed by atoms with van der Waals surface area (Å²) in [5.74, 6) is 0.0933. The topological polar surface area (TPSA) is 195 Å². The van der Waals surface area contributed by atoms with Crippen molar-refractivity contribution in [1.82, 2.24) is 44.9 Å². The Morgan fingerprint density at radius 1 is 0.452 bits per heavy atom. The van der Waals surface area contributed by atoms with Crippen LogP contribution in [0.15, 0.2) is 24.3 Å². The van der Waals surface area contributed by atoms with Gasteiger partial charge in [0.05, 0.1) is 0 Å². The van der Waals surface area contributed by atoms with E-state index in [1.165, 1.54) is 6.42 Å². The highest BCUT2D eigenvalue weighted by Crippen LogP contribution is 2.20. The van der Waals surface area contributed by atoms with Crippen molar-refractivity contribution in [3.63, 3.8) is 0 Å². The zero-order valence-electron chi connectivity index (χ0n) is 55.2. The Labute approximate surface area is 507 Å². The minimum atomic E-state index is -0.721. The third-order valence-electron chi connectivity index (χ3n) is 13.9. The molecule has 0 saturated carbocycles. The summed E-state index contributed by atoms with van der Waals surface area (Å²) in [4.78, 5) is 94.4. The van der Waals surface area contributed by atoms with Gasteiger partial charge in [0.2, 0.25) is 5.91 Å². The average molecular weight is 1190 g/mol. The first-order valence-electron chi connectivity index (χ1n) is 31.6.